The molecule has 1 aromatic carbocycles. The zero-order valence-corrected chi connectivity index (χ0v) is 14.4. The third kappa shape index (κ3) is 3.83. The Labute approximate surface area is 151 Å². The number of amides is 1. The van der Waals surface area contributed by atoms with Gasteiger partial charge in [0.05, 0.1) is 19.2 Å². The molecule has 0 N–H and O–H groups in total. The van der Waals surface area contributed by atoms with Gasteiger partial charge in [-0.3, -0.25) is 9.69 Å². The second kappa shape index (κ2) is 7.53. The Bertz CT molecular complexity index is 837. The summed E-state index contributed by atoms with van der Waals surface area (Å²) < 4.78 is 10.9. The van der Waals surface area contributed by atoms with Gasteiger partial charge in [0.2, 0.25) is 11.8 Å². The maximum Gasteiger partial charge on any atom is 0.289 e. The maximum absolute atomic E-state index is 12.3. The van der Waals surface area contributed by atoms with Gasteiger partial charge in [-0.15, -0.1) is 10.2 Å². The van der Waals surface area contributed by atoms with Crippen LogP contribution in [-0.2, 0) is 13.0 Å². The lowest BCUT2D eigenvalue weighted by Gasteiger charge is -2.33. The van der Waals surface area contributed by atoms with Crippen LogP contribution in [0.1, 0.15) is 27.9 Å². The van der Waals surface area contributed by atoms with Gasteiger partial charge >= 0.3 is 0 Å². The first-order valence-electron chi connectivity index (χ1n) is 8.68. The molecular formula is C19H20N4O3. The van der Waals surface area contributed by atoms with E-state index in [1.165, 1.54) is 6.26 Å². The number of carbonyl (C=O) groups is 1. The summed E-state index contributed by atoms with van der Waals surface area (Å²) in [6, 6.07) is 13.5. The number of benzene rings is 1. The van der Waals surface area contributed by atoms with Crippen LogP contribution in [0.2, 0.25) is 0 Å². The molecule has 0 saturated carbocycles. The Morgan fingerprint density at radius 3 is 2.46 bits per heavy atom. The molecule has 1 fully saturated rings. The van der Waals surface area contributed by atoms with Crippen LogP contribution in [0.15, 0.2) is 57.6 Å². The zero-order valence-electron chi connectivity index (χ0n) is 14.4. The first-order valence-corrected chi connectivity index (χ1v) is 8.68. The standard InChI is InChI=1S/C19H20N4O3/c24-19(16-7-4-12-25-16)23-10-8-22(9-11-23)14-18-21-20-17(26-18)13-15-5-2-1-3-6-15/h1-7,12H,8-11,13-14H2. The van der Waals surface area contributed by atoms with Gasteiger partial charge in [0.1, 0.15) is 0 Å². The lowest BCUT2D eigenvalue weighted by molar-refractivity contribution is 0.0587. The average Bonchev–Trinajstić information content (AvgIpc) is 3.35. The van der Waals surface area contributed by atoms with E-state index in [0.717, 1.165) is 18.7 Å². The molecular weight excluding hydrogens is 332 g/mol. The van der Waals surface area contributed by atoms with Crippen LogP contribution in [0.4, 0.5) is 0 Å². The molecule has 0 spiro atoms. The highest BCUT2D eigenvalue weighted by molar-refractivity contribution is 5.91. The molecule has 3 heterocycles. The van der Waals surface area contributed by atoms with Crippen molar-refractivity contribution < 1.29 is 13.6 Å². The largest absolute Gasteiger partial charge is 0.459 e. The molecule has 134 valence electrons. The van der Waals surface area contributed by atoms with Gasteiger partial charge in [-0.2, -0.15) is 0 Å². The predicted octanol–water partition coefficient (Wildman–Crippen LogP) is 2.21. The second-order valence-corrected chi connectivity index (χ2v) is 6.30. The topological polar surface area (TPSA) is 75.6 Å². The van der Waals surface area contributed by atoms with Crippen molar-refractivity contribution in [2.45, 2.75) is 13.0 Å². The number of hydrogen-bond acceptors (Lipinski definition) is 6. The summed E-state index contributed by atoms with van der Waals surface area (Å²) in [6.45, 7) is 3.45. The maximum atomic E-state index is 12.3. The predicted molar refractivity (Wildman–Crippen MR) is 93.4 cm³/mol. The van der Waals surface area contributed by atoms with E-state index in [0.29, 0.717) is 43.6 Å². The van der Waals surface area contributed by atoms with Crippen molar-refractivity contribution >= 4 is 5.91 Å². The Morgan fingerprint density at radius 2 is 1.73 bits per heavy atom. The van der Waals surface area contributed by atoms with Gasteiger partial charge in [0.25, 0.3) is 5.91 Å². The molecule has 1 amide bonds. The van der Waals surface area contributed by atoms with Crippen LogP contribution in [0.3, 0.4) is 0 Å². The molecule has 0 unspecified atom stereocenters. The summed E-state index contributed by atoms with van der Waals surface area (Å²) in [6.07, 6.45) is 2.16. The lowest BCUT2D eigenvalue weighted by atomic mass is 10.2. The van der Waals surface area contributed by atoms with Crippen molar-refractivity contribution in [3.8, 4) is 0 Å². The summed E-state index contributed by atoms with van der Waals surface area (Å²) in [7, 11) is 0. The van der Waals surface area contributed by atoms with Crippen LogP contribution in [-0.4, -0.2) is 52.1 Å². The molecule has 1 aliphatic rings. The summed E-state index contributed by atoms with van der Waals surface area (Å²) in [5, 5.41) is 8.28. The van der Waals surface area contributed by atoms with E-state index in [2.05, 4.69) is 15.1 Å². The fourth-order valence-corrected chi connectivity index (χ4v) is 3.05. The summed E-state index contributed by atoms with van der Waals surface area (Å²) in [4.78, 5) is 16.3. The van der Waals surface area contributed by atoms with E-state index in [9.17, 15) is 4.79 Å². The number of carbonyl (C=O) groups excluding carboxylic acids is 1. The molecule has 0 atom stereocenters. The van der Waals surface area contributed by atoms with E-state index in [1.807, 2.05) is 35.2 Å². The van der Waals surface area contributed by atoms with Gasteiger partial charge in [0.15, 0.2) is 5.76 Å². The van der Waals surface area contributed by atoms with E-state index in [4.69, 9.17) is 8.83 Å². The van der Waals surface area contributed by atoms with Gasteiger partial charge in [-0.25, -0.2) is 0 Å². The average molecular weight is 352 g/mol. The molecule has 3 aromatic rings. The highest BCUT2D eigenvalue weighted by Crippen LogP contribution is 2.13. The lowest BCUT2D eigenvalue weighted by Crippen LogP contribution is -2.48. The minimum atomic E-state index is -0.0578. The van der Waals surface area contributed by atoms with Crippen LogP contribution in [0, 0.1) is 0 Å². The molecule has 0 aliphatic carbocycles. The number of nitrogens with zero attached hydrogens (tertiary/aromatic N) is 4. The Kier molecular flexibility index (Phi) is 4.79. The van der Waals surface area contributed by atoms with E-state index in [1.54, 1.807) is 12.1 Å². The van der Waals surface area contributed by atoms with Gasteiger partial charge in [0, 0.05) is 26.2 Å². The van der Waals surface area contributed by atoms with Crippen molar-refractivity contribution in [3.05, 3.63) is 71.8 Å². The molecule has 26 heavy (non-hydrogen) atoms. The molecule has 7 heteroatoms. The molecule has 0 radical (unpaired) electrons. The van der Waals surface area contributed by atoms with Crippen molar-refractivity contribution in [3.63, 3.8) is 0 Å². The minimum Gasteiger partial charge on any atom is -0.459 e. The van der Waals surface area contributed by atoms with Crippen LogP contribution in [0.25, 0.3) is 0 Å². The summed E-state index contributed by atoms with van der Waals surface area (Å²) >= 11 is 0. The zero-order chi connectivity index (χ0) is 17.8. The first-order chi connectivity index (χ1) is 12.8. The third-order valence-electron chi connectivity index (χ3n) is 4.46. The number of hydrogen-bond donors (Lipinski definition) is 0. The Hall–Kier alpha value is -2.93. The normalized spacial score (nSPS) is 15.3. The minimum absolute atomic E-state index is 0.0578. The molecule has 7 nitrogen and oxygen atoms in total. The fourth-order valence-electron chi connectivity index (χ4n) is 3.05. The van der Waals surface area contributed by atoms with E-state index >= 15 is 0 Å². The summed E-state index contributed by atoms with van der Waals surface area (Å²) in [5.41, 5.74) is 1.15. The highest BCUT2D eigenvalue weighted by atomic mass is 16.4. The van der Waals surface area contributed by atoms with Gasteiger partial charge < -0.3 is 13.7 Å². The van der Waals surface area contributed by atoms with Crippen molar-refractivity contribution in [2.24, 2.45) is 0 Å². The molecule has 0 bridgehead atoms. The van der Waals surface area contributed by atoms with Gasteiger partial charge in [-0.05, 0) is 17.7 Å². The van der Waals surface area contributed by atoms with Crippen LogP contribution in [0.5, 0.6) is 0 Å². The molecule has 2 aromatic heterocycles. The Balaban J connectivity index is 1.29. The van der Waals surface area contributed by atoms with E-state index in [-0.39, 0.29) is 5.91 Å². The number of furan rings is 1. The van der Waals surface area contributed by atoms with Gasteiger partial charge in [-0.1, -0.05) is 30.3 Å². The van der Waals surface area contributed by atoms with Crippen molar-refractivity contribution in [1.29, 1.82) is 0 Å². The first kappa shape index (κ1) is 16.5. The SMILES string of the molecule is O=C(c1ccco1)N1CCN(Cc2nnc(Cc3ccccc3)o2)CC1. The number of piperazine rings is 1. The third-order valence-corrected chi connectivity index (χ3v) is 4.46. The fraction of sp³-hybridized carbons (Fsp3) is 0.316. The molecule has 4 rings (SSSR count). The second-order valence-electron chi connectivity index (χ2n) is 6.30. The number of rotatable bonds is 5. The molecule has 1 aliphatic heterocycles. The Morgan fingerprint density at radius 1 is 0.962 bits per heavy atom. The quantitative estimate of drug-likeness (QED) is 0.701. The monoisotopic (exact) mass is 352 g/mol. The van der Waals surface area contributed by atoms with Crippen LogP contribution < -0.4 is 0 Å². The van der Waals surface area contributed by atoms with Crippen molar-refractivity contribution in [1.82, 2.24) is 20.0 Å². The number of aromatic nitrogens is 2. The van der Waals surface area contributed by atoms with E-state index < -0.39 is 0 Å². The van der Waals surface area contributed by atoms with Crippen molar-refractivity contribution in [2.75, 3.05) is 26.2 Å². The highest BCUT2D eigenvalue weighted by Gasteiger charge is 2.24. The summed E-state index contributed by atoms with van der Waals surface area (Å²) in [5.74, 6) is 1.57. The van der Waals surface area contributed by atoms with Crippen LogP contribution >= 0.6 is 0 Å². The molecule has 1 saturated heterocycles. The smallest absolute Gasteiger partial charge is 0.289 e.